The average molecular weight is 169 g/mol. The van der Waals surface area contributed by atoms with Crippen molar-refractivity contribution in [1.29, 1.82) is 0 Å². The fraction of sp³-hybridized carbons (Fsp3) is 0.600. The molecule has 0 aromatic carbocycles. The first kappa shape index (κ1) is 11.2. The Morgan fingerprint density at radius 3 is 1.92 bits per heavy atom. The maximum atomic E-state index is 11.3. The van der Waals surface area contributed by atoms with Gasteiger partial charge < -0.3 is 4.74 Å². The lowest BCUT2D eigenvalue weighted by atomic mass is 10.1. The van der Waals surface area contributed by atoms with Gasteiger partial charge in [-0.2, -0.15) is 0 Å². The van der Waals surface area contributed by atoms with E-state index in [0.717, 1.165) is 11.3 Å². The standard InChI is InChI=1S/C10H17O2/c1-7(2)8(3)12-9(4)10(5,6)11/h4H2,1-3,5-6H3. The molecule has 2 heteroatoms. The van der Waals surface area contributed by atoms with Crippen molar-refractivity contribution in [2.24, 2.45) is 0 Å². The normalized spacial score (nSPS) is 10.8. The van der Waals surface area contributed by atoms with Crippen LogP contribution in [0.3, 0.4) is 0 Å². The molecule has 69 valence electrons. The lowest BCUT2D eigenvalue weighted by Crippen LogP contribution is -2.21. The molecule has 12 heavy (non-hydrogen) atoms. The summed E-state index contributed by atoms with van der Waals surface area (Å²) < 4.78 is 5.25. The zero-order valence-corrected chi connectivity index (χ0v) is 8.52. The van der Waals surface area contributed by atoms with Gasteiger partial charge >= 0.3 is 0 Å². The molecule has 0 fully saturated rings. The number of hydrogen-bond acceptors (Lipinski definition) is 1. The van der Waals surface area contributed by atoms with Crippen LogP contribution >= 0.6 is 0 Å². The molecule has 0 aliphatic carbocycles. The Morgan fingerprint density at radius 1 is 1.25 bits per heavy atom. The first-order valence-corrected chi connectivity index (χ1v) is 3.97. The molecule has 0 spiro atoms. The third-order valence-corrected chi connectivity index (χ3v) is 1.65. The van der Waals surface area contributed by atoms with Gasteiger partial charge in [0.1, 0.15) is 5.76 Å². The van der Waals surface area contributed by atoms with Crippen molar-refractivity contribution in [2.45, 2.75) is 40.2 Å². The van der Waals surface area contributed by atoms with Crippen molar-refractivity contribution < 1.29 is 9.84 Å². The van der Waals surface area contributed by atoms with E-state index in [0.29, 0.717) is 0 Å². The molecule has 2 nitrogen and oxygen atoms in total. The van der Waals surface area contributed by atoms with Gasteiger partial charge in [-0.05, 0) is 40.2 Å². The highest BCUT2D eigenvalue weighted by Gasteiger charge is 2.22. The van der Waals surface area contributed by atoms with E-state index in [1.54, 1.807) is 0 Å². The molecule has 0 saturated carbocycles. The zero-order valence-electron chi connectivity index (χ0n) is 8.52. The first-order chi connectivity index (χ1) is 5.25. The number of allylic oxidation sites excluding steroid dienone is 2. The summed E-state index contributed by atoms with van der Waals surface area (Å²) in [5.74, 6) is 1.02. The molecule has 0 aliphatic rings. The minimum absolute atomic E-state index is 0.265. The Labute approximate surface area is 74.6 Å². The van der Waals surface area contributed by atoms with Crippen molar-refractivity contribution in [3.63, 3.8) is 0 Å². The summed E-state index contributed by atoms with van der Waals surface area (Å²) in [6.07, 6.45) is 0. The third kappa shape index (κ3) is 3.58. The van der Waals surface area contributed by atoms with E-state index >= 15 is 0 Å². The lowest BCUT2D eigenvalue weighted by molar-refractivity contribution is -0.00351. The Hall–Kier alpha value is -0.760. The van der Waals surface area contributed by atoms with E-state index in [-0.39, 0.29) is 5.76 Å². The van der Waals surface area contributed by atoms with E-state index < -0.39 is 5.60 Å². The monoisotopic (exact) mass is 169 g/mol. The molecule has 0 heterocycles. The van der Waals surface area contributed by atoms with Crippen LogP contribution in [0.4, 0.5) is 0 Å². The minimum atomic E-state index is -1.23. The fourth-order valence-corrected chi connectivity index (χ4v) is 0.410. The summed E-state index contributed by atoms with van der Waals surface area (Å²) in [4.78, 5) is 0. The van der Waals surface area contributed by atoms with Crippen LogP contribution in [-0.2, 0) is 9.84 Å². The van der Waals surface area contributed by atoms with Crippen molar-refractivity contribution in [2.75, 3.05) is 0 Å². The molecule has 0 aliphatic heterocycles. The van der Waals surface area contributed by atoms with Crippen LogP contribution in [0.15, 0.2) is 23.7 Å². The molecular formula is C10H17O2. The van der Waals surface area contributed by atoms with E-state index in [1.807, 2.05) is 20.8 Å². The Morgan fingerprint density at radius 2 is 1.67 bits per heavy atom. The quantitative estimate of drug-likeness (QED) is 0.597. The fourth-order valence-electron chi connectivity index (χ4n) is 0.410. The Balaban J connectivity index is 4.32. The highest BCUT2D eigenvalue weighted by atomic mass is 16.5. The van der Waals surface area contributed by atoms with Crippen LogP contribution in [0.25, 0.3) is 0 Å². The summed E-state index contributed by atoms with van der Waals surface area (Å²) in [5.41, 5.74) is -0.170. The molecule has 0 atom stereocenters. The maximum absolute atomic E-state index is 11.3. The first-order valence-electron chi connectivity index (χ1n) is 3.97. The lowest BCUT2D eigenvalue weighted by Gasteiger charge is -2.19. The van der Waals surface area contributed by atoms with Gasteiger partial charge in [0.2, 0.25) is 0 Å². The predicted molar refractivity (Wildman–Crippen MR) is 49.0 cm³/mol. The summed E-state index contributed by atoms with van der Waals surface area (Å²) >= 11 is 0. The van der Waals surface area contributed by atoms with Crippen molar-refractivity contribution in [1.82, 2.24) is 0 Å². The Bertz CT molecular complexity index is 202. The molecular weight excluding hydrogens is 152 g/mol. The SMILES string of the molecule is C=C(OC(C)=C(C)C)C(C)(C)[O]. The van der Waals surface area contributed by atoms with E-state index in [1.165, 1.54) is 13.8 Å². The van der Waals surface area contributed by atoms with Gasteiger partial charge in [-0.3, -0.25) is 0 Å². The second-order valence-corrected chi connectivity index (χ2v) is 3.59. The van der Waals surface area contributed by atoms with Crippen LogP contribution in [0.1, 0.15) is 34.6 Å². The highest BCUT2D eigenvalue weighted by Crippen LogP contribution is 2.19. The number of ether oxygens (including phenoxy) is 1. The number of rotatable bonds is 3. The van der Waals surface area contributed by atoms with E-state index in [9.17, 15) is 5.11 Å². The summed E-state index contributed by atoms with van der Waals surface area (Å²) in [6, 6.07) is 0. The summed E-state index contributed by atoms with van der Waals surface area (Å²) in [7, 11) is 0. The second kappa shape index (κ2) is 3.76. The number of hydrogen-bond donors (Lipinski definition) is 0. The van der Waals surface area contributed by atoms with Gasteiger partial charge in [-0.25, -0.2) is 5.11 Å². The molecule has 0 unspecified atom stereocenters. The molecule has 0 aromatic heterocycles. The predicted octanol–water partition coefficient (Wildman–Crippen LogP) is 3.04. The maximum Gasteiger partial charge on any atom is 0.155 e. The van der Waals surface area contributed by atoms with Crippen LogP contribution in [0.2, 0.25) is 0 Å². The molecule has 0 bridgehead atoms. The van der Waals surface area contributed by atoms with Gasteiger partial charge in [-0.15, -0.1) is 0 Å². The van der Waals surface area contributed by atoms with Gasteiger partial charge in [0.05, 0.1) is 5.76 Å². The largest absolute Gasteiger partial charge is 0.464 e. The van der Waals surface area contributed by atoms with Crippen molar-refractivity contribution in [3.8, 4) is 0 Å². The van der Waals surface area contributed by atoms with Gasteiger partial charge in [-0.1, -0.05) is 6.58 Å². The molecule has 0 aromatic rings. The van der Waals surface area contributed by atoms with Crippen LogP contribution in [0.5, 0.6) is 0 Å². The average Bonchev–Trinajstić information content (AvgIpc) is 1.85. The molecule has 0 rings (SSSR count). The van der Waals surface area contributed by atoms with Crippen molar-refractivity contribution in [3.05, 3.63) is 23.7 Å². The van der Waals surface area contributed by atoms with E-state index in [2.05, 4.69) is 6.58 Å². The molecule has 0 saturated heterocycles. The van der Waals surface area contributed by atoms with Crippen LogP contribution in [0, 0.1) is 0 Å². The third-order valence-electron chi connectivity index (χ3n) is 1.65. The molecule has 0 amide bonds. The van der Waals surface area contributed by atoms with Crippen LogP contribution in [-0.4, -0.2) is 5.60 Å². The zero-order chi connectivity index (χ0) is 9.94. The topological polar surface area (TPSA) is 29.1 Å². The van der Waals surface area contributed by atoms with Crippen LogP contribution < -0.4 is 0 Å². The van der Waals surface area contributed by atoms with E-state index in [4.69, 9.17) is 4.74 Å². The smallest absolute Gasteiger partial charge is 0.155 e. The van der Waals surface area contributed by atoms with Crippen molar-refractivity contribution >= 4 is 0 Å². The van der Waals surface area contributed by atoms with Gasteiger partial charge in [0, 0.05) is 0 Å². The molecule has 0 N–H and O–H groups in total. The summed E-state index contributed by atoms with van der Waals surface area (Å²) in [6.45, 7) is 12.3. The Kier molecular flexibility index (Phi) is 3.53. The molecule has 1 radical (unpaired) electrons. The minimum Gasteiger partial charge on any atom is -0.464 e. The summed E-state index contributed by atoms with van der Waals surface area (Å²) in [5, 5.41) is 11.3. The highest BCUT2D eigenvalue weighted by molar-refractivity contribution is 5.08. The second-order valence-electron chi connectivity index (χ2n) is 3.59. The van der Waals surface area contributed by atoms with Gasteiger partial charge in [0.15, 0.2) is 5.60 Å². The van der Waals surface area contributed by atoms with Gasteiger partial charge in [0.25, 0.3) is 0 Å².